The summed E-state index contributed by atoms with van der Waals surface area (Å²) in [6.45, 7) is 11.7. The summed E-state index contributed by atoms with van der Waals surface area (Å²) in [5.41, 5.74) is 0.0263. The Morgan fingerprint density at radius 1 is 0.400 bits per heavy atom. The molecule has 0 amide bonds. The van der Waals surface area contributed by atoms with Gasteiger partial charge < -0.3 is 56.8 Å². The van der Waals surface area contributed by atoms with Gasteiger partial charge in [0.25, 0.3) is 5.69 Å². The highest BCUT2D eigenvalue weighted by Gasteiger charge is 2.04. The summed E-state index contributed by atoms with van der Waals surface area (Å²) < 4.78 is 67.0. The third-order valence-corrected chi connectivity index (χ3v) is 7.20. The van der Waals surface area contributed by atoms with Crippen LogP contribution < -0.4 is 4.74 Å². The summed E-state index contributed by atoms with van der Waals surface area (Å²) >= 11 is 2.42. The minimum absolute atomic E-state index is 0.0263. The maximum atomic E-state index is 10.6. The SMILES string of the molecule is O=[N+]([O-])c1ccc(OCCOCCOCCOCCOCCOCCOCCOCCOCCOCCOCCOCCCCCCI)cc1. The van der Waals surface area contributed by atoms with Gasteiger partial charge in [-0.1, -0.05) is 35.4 Å². The Morgan fingerprint density at radius 3 is 0.980 bits per heavy atom. The first-order valence-corrected chi connectivity index (χ1v) is 19.0. The molecule has 50 heavy (non-hydrogen) atoms. The summed E-state index contributed by atoms with van der Waals surface area (Å²) in [6.07, 6.45) is 4.96. The second-order valence-corrected chi connectivity index (χ2v) is 11.5. The largest absolute Gasteiger partial charge is 0.491 e. The van der Waals surface area contributed by atoms with Gasteiger partial charge in [-0.15, -0.1) is 0 Å². The molecule has 0 aliphatic heterocycles. The van der Waals surface area contributed by atoms with E-state index in [4.69, 9.17) is 56.8 Å². The molecule has 1 aromatic carbocycles. The van der Waals surface area contributed by atoms with Crippen LogP contribution in [0.2, 0.25) is 0 Å². The zero-order valence-electron chi connectivity index (χ0n) is 29.6. The van der Waals surface area contributed by atoms with Crippen LogP contribution in [0.5, 0.6) is 5.75 Å². The predicted molar refractivity (Wildman–Crippen MR) is 195 cm³/mol. The van der Waals surface area contributed by atoms with Crippen LogP contribution in [0.4, 0.5) is 5.69 Å². The topological polar surface area (TPSA) is 154 Å². The van der Waals surface area contributed by atoms with E-state index in [9.17, 15) is 10.1 Å². The number of hydrogen-bond acceptors (Lipinski definition) is 14. The van der Waals surface area contributed by atoms with Crippen molar-refractivity contribution in [3.8, 4) is 5.75 Å². The summed E-state index contributed by atoms with van der Waals surface area (Å²) in [4.78, 5) is 10.2. The van der Waals surface area contributed by atoms with Crippen LogP contribution >= 0.6 is 22.6 Å². The first kappa shape index (κ1) is 46.7. The molecule has 0 radical (unpaired) electrons. The Balaban J connectivity index is 1.63. The number of nitrogens with zero attached hydrogens (tertiary/aromatic N) is 1. The van der Waals surface area contributed by atoms with Crippen molar-refractivity contribution in [1.29, 1.82) is 0 Å². The summed E-state index contributed by atoms with van der Waals surface area (Å²) in [5, 5.41) is 10.6. The molecule has 292 valence electrons. The number of benzene rings is 1. The van der Waals surface area contributed by atoms with E-state index in [2.05, 4.69) is 22.6 Å². The molecule has 0 unspecified atom stereocenters. The number of nitro benzene ring substituents is 1. The number of alkyl halides is 1. The van der Waals surface area contributed by atoms with Gasteiger partial charge in [-0.05, 0) is 29.4 Å². The maximum Gasteiger partial charge on any atom is 0.269 e. The molecule has 15 nitrogen and oxygen atoms in total. The number of ether oxygens (including phenoxy) is 12. The van der Waals surface area contributed by atoms with Crippen LogP contribution in [0.25, 0.3) is 0 Å². The molecule has 1 rings (SSSR count). The van der Waals surface area contributed by atoms with Gasteiger partial charge in [0.2, 0.25) is 0 Å². The fourth-order valence-electron chi connectivity index (χ4n) is 3.84. The fraction of sp³-hybridized carbons (Fsp3) is 0.824. The van der Waals surface area contributed by atoms with Gasteiger partial charge in [0.1, 0.15) is 12.4 Å². The minimum atomic E-state index is -0.451. The monoisotopic (exact) mass is 833 g/mol. The van der Waals surface area contributed by atoms with Crippen LogP contribution in [0.1, 0.15) is 25.7 Å². The first-order valence-electron chi connectivity index (χ1n) is 17.5. The Bertz CT molecular complexity index is 843. The predicted octanol–water partition coefficient (Wildman–Crippen LogP) is 4.15. The average Bonchev–Trinajstić information content (AvgIpc) is 3.12. The van der Waals surface area contributed by atoms with Gasteiger partial charge in [0.05, 0.1) is 144 Å². The minimum Gasteiger partial charge on any atom is -0.491 e. The van der Waals surface area contributed by atoms with Crippen molar-refractivity contribution in [3.05, 3.63) is 34.4 Å². The lowest BCUT2D eigenvalue weighted by atomic mass is 10.2. The Kier molecular flexibility index (Phi) is 36.4. The highest BCUT2D eigenvalue weighted by molar-refractivity contribution is 14.1. The van der Waals surface area contributed by atoms with Gasteiger partial charge >= 0.3 is 0 Å². The highest BCUT2D eigenvalue weighted by Crippen LogP contribution is 2.17. The van der Waals surface area contributed by atoms with Gasteiger partial charge in [-0.3, -0.25) is 10.1 Å². The van der Waals surface area contributed by atoms with Crippen molar-refractivity contribution < 1.29 is 61.8 Å². The van der Waals surface area contributed by atoms with Gasteiger partial charge in [-0.25, -0.2) is 0 Å². The molecule has 16 heteroatoms. The third kappa shape index (κ3) is 33.8. The smallest absolute Gasteiger partial charge is 0.269 e. The quantitative estimate of drug-likeness (QED) is 0.0305. The number of hydrogen-bond donors (Lipinski definition) is 0. The highest BCUT2D eigenvalue weighted by atomic mass is 127. The van der Waals surface area contributed by atoms with Crippen molar-refractivity contribution >= 4 is 28.3 Å². The zero-order chi connectivity index (χ0) is 35.8. The molecule has 0 aliphatic carbocycles. The van der Waals surface area contributed by atoms with E-state index in [1.54, 1.807) is 12.1 Å². The van der Waals surface area contributed by atoms with Gasteiger partial charge in [0, 0.05) is 18.7 Å². The van der Waals surface area contributed by atoms with E-state index in [1.807, 2.05) is 0 Å². The lowest BCUT2D eigenvalue weighted by Crippen LogP contribution is -2.15. The van der Waals surface area contributed by atoms with E-state index in [-0.39, 0.29) is 5.69 Å². The van der Waals surface area contributed by atoms with E-state index in [1.165, 1.54) is 35.8 Å². The molecule has 0 saturated carbocycles. The molecular formula is C34H60INO14. The van der Waals surface area contributed by atoms with Crippen LogP contribution in [0.3, 0.4) is 0 Å². The van der Waals surface area contributed by atoms with E-state index >= 15 is 0 Å². The third-order valence-electron chi connectivity index (χ3n) is 6.44. The number of rotatable bonds is 41. The Labute approximate surface area is 311 Å². The van der Waals surface area contributed by atoms with Crippen molar-refractivity contribution in [2.75, 3.05) is 156 Å². The lowest BCUT2D eigenvalue weighted by molar-refractivity contribution is -0.384. The zero-order valence-corrected chi connectivity index (χ0v) is 31.8. The van der Waals surface area contributed by atoms with Crippen molar-refractivity contribution in [3.63, 3.8) is 0 Å². The number of nitro groups is 1. The number of non-ortho nitro benzene ring substituents is 1. The van der Waals surface area contributed by atoms with Crippen LogP contribution in [0, 0.1) is 10.1 Å². The lowest BCUT2D eigenvalue weighted by Gasteiger charge is -2.09. The molecule has 0 fully saturated rings. The average molecular weight is 834 g/mol. The summed E-state index contributed by atoms with van der Waals surface area (Å²) in [5.74, 6) is 0.557. The van der Waals surface area contributed by atoms with Crippen LogP contribution in [-0.4, -0.2) is 161 Å². The first-order chi connectivity index (χ1) is 24.7. The van der Waals surface area contributed by atoms with Crippen LogP contribution in [-0.2, 0) is 52.1 Å². The van der Waals surface area contributed by atoms with E-state index in [0.29, 0.717) is 151 Å². The molecule has 0 N–H and O–H groups in total. The molecule has 0 aromatic heterocycles. The van der Waals surface area contributed by atoms with Crippen molar-refractivity contribution in [2.24, 2.45) is 0 Å². The fourth-order valence-corrected chi connectivity index (χ4v) is 4.38. The molecule has 0 spiro atoms. The summed E-state index contributed by atoms with van der Waals surface area (Å²) in [7, 11) is 0. The van der Waals surface area contributed by atoms with E-state index in [0.717, 1.165) is 13.0 Å². The van der Waals surface area contributed by atoms with Crippen molar-refractivity contribution in [1.82, 2.24) is 0 Å². The number of unbranched alkanes of at least 4 members (excludes halogenated alkanes) is 3. The molecule has 0 saturated heterocycles. The molecule has 0 aliphatic rings. The molecular weight excluding hydrogens is 773 g/mol. The molecule has 0 bridgehead atoms. The molecule has 0 atom stereocenters. The van der Waals surface area contributed by atoms with E-state index < -0.39 is 4.92 Å². The van der Waals surface area contributed by atoms with Crippen molar-refractivity contribution in [2.45, 2.75) is 25.7 Å². The summed E-state index contributed by atoms with van der Waals surface area (Å²) in [6, 6.07) is 5.92. The standard InChI is InChI=1S/C34H60INO14/c35-9-3-1-2-4-10-39-11-12-40-13-14-41-15-16-42-17-18-43-19-20-44-21-22-45-23-24-46-25-26-47-27-28-48-29-30-49-31-32-50-34-7-5-33(6-8-34)36(37)38/h5-8H,1-4,9-32H2. The number of halogens is 1. The van der Waals surface area contributed by atoms with Crippen LogP contribution in [0.15, 0.2) is 24.3 Å². The Morgan fingerprint density at radius 2 is 0.680 bits per heavy atom. The molecule has 0 heterocycles. The van der Waals surface area contributed by atoms with Gasteiger partial charge in [-0.2, -0.15) is 0 Å². The maximum absolute atomic E-state index is 10.6. The molecule has 1 aromatic rings. The normalized spacial score (nSPS) is 11.4. The van der Waals surface area contributed by atoms with Gasteiger partial charge in [0.15, 0.2) is 0 Å². The second-order valence-electron chi connectivity index (χ2n) is 10.4. The Hall–Kier alpha value is -1.29. The second kappa shape index (κ2) is 38.9.